The Morgan fingerprint density at radius 1 is 1.35 bits per heavy atom. The van der Waals surface area contributed by atoms with Crippen LogP contribution in [0.25, 0.3) is 0 Å². The Hall–Kier alpha value is -1.19. The van der Waals surface area contributed by atoms with Crippen LogP contribution in [0, 0.1) is 0 Å². The lowest BCUT2D eigenvalue weighted by molar-refractivity contribution is -0.231. The number of hydrogen-bond acceptors (Lipinski definition) is 7. The van der Waals surface area contributed by atoms with Gasteiger partial charge in [0.1, 0.15) is 5.75 Å². The number of ether oxygens (including phenoxy) is 1. The van der Waals surface area contributed by atoms with Gasteiger partial charge in [0.2, 0.25) is 6.29 Å². The molecule has 1 saturated heterocycles. The van der Waals surface area contributed by atoms with Crippen LogP contribution < -0.4 is 4.74 Å². The monoisotopic (exact) mass is 262 g/mol. The second kappa shape index (κ2) is 3.93. The van der Waals surface area contributed by atoms with Crippen LogP contribution in [0.4, 0.5) is 0 Å². The molecule has 0 aromatic heterocycles. The van der Waals surface area contributed by atoms with Gasteiger partial charge in [-0.15, -0.1) is 0 Å². The highest BCUT2D eigenvalue weighted by molar-refractivity contribution is 7.82. The maximum atomic E-state index is 11.0. The summed E-state index contributed by atoms with van der Waals surface area (Å²) in [5.74, 6) is -1.93. The van der Waals surface area contributed by atoms with Crippen LogP contribution in [0.2, 0.25) is 0 Å². The summed E-state index contributed by atoms with van der Waals surface area (Å²) in [5, 5.41) is 19.3. The maximum Gasteiger partial charge on any atom is 0.405 e. The van der Waals surface area contributed by atoms with E-state index >= 15 is 0 Å². The minimum Gasteiger partial charge on any atom is -0.497 e. The van der Waals surface area contributed by atoms with Crippen LogP contribution in [0.5, 0.6) is 5.75 Å². The Bertz CT molecular complexity index is 509. The summed E-state index contributed by atoms with van der Waals surface area (Å²) >= 11 is 0. The standard InChI is InChI=1S/C9H10O7S/c1-14-7-4-2-6(3-5-7)9(11)8(10)15-17(12,13)16-9/h2-5,8,10-11H,1H3. The van der Waals surface area contributed by atoms with Crippen molar-refractivity contribution in [1.29, 1.82) is 0 Å². The molecule has 1 aliphatic rings. The molecule has 1 aliphatic heterocycles. The zero-order chi connectivity index (χ0) is 12.7. The van der Waals surface area contributed by atoms with Crippen LogP contribution >= 0.6 is 0 Å². The lowest BCUT2D eigenvalue weighted by Crippen LogP contribution is -2.36. The first-order valence-corrected chi connectivity index (χ1v) is 5.89. The molecule has 0 spiro atoms. The molecule has 17 heavy (non-hydrogen) atoms. The third-order valence-corrected chi connectivity index (χ3v) is 3.15. The van der Waals surface area contributed by atoms with Gasteiger partial charge in [0.15, 0.2) is 0 Å². The van der Waals surface area contributed by atoms with E-state index in [1.165, 1.54) is 31.4 Å². The van der Waals surface area contributed by atoms with Crippen LogP contribution in [-0.4, -0.2) is 32.0 Å². The van der Waals surface area contributed by atoms with Crippen LogP contribution in [-0.2, 0) is 24.6 Å². The first-order valence-electron chi connectivity index (χ1n) is 4.56. The van der Waals surface area contributed by atoms with Crippen molar-refractivity contribution in [1.82, 2.24) is 0 Å². The molecule has 1 aromatic carbocycles. The number of rotatable bonds is 2. The Kier molecular flexibility index (Phi) is 2.84. The molecule has 0 aliphatic carbocycles. The van der Waals surface area contributed by atoms with Gasteiger partial charge in [-0.2, -0.15) is 8.42 Å². The van der Waals surface area contributed by atoms with Gasteiger partial charge in [0.05, 0.1) is 7.11 Å². The van der Waals surface area contributed by atoms with Crippen molar-refractivity contribution in [2.75, 3.05) is 7.11 Å². The van der Waals surface area contributed by atoms with Crippen molar-refractivity contribution in [3.63, 3.8) is 0 Å². The SMILES string of the molecule is COc1ccc(C2(O)OS(=O)(=O)OC2O)cc1. The van der Waals surface area contributed by atoms with Gasteiger partial charge < -0.3 is 14.9 Å². The fraction of sp³-hybridized carbons (Fsp3) is 0.333. The third-order valence-electron chi connectivity index (χ3n) is 2.28. The molecule has 1 aromatic rings. The third kappa shape index (κ3) is 2.13. The molecule has 0 amide bonds. The van der Waals surface area contributed by atoms with E-state index in [1.807, 2.05) is 0 Å². The van der Waals surface area contributed by atoms with E-state index in [9.17, 15) is 18.6 Å². The fourth-order valence-corrected chi connectivity index (χ4v) is 2.30. The summed E-state index contributed by atoms with van der Waals surface area (Å²) in [6.45, 7) is 0. The Morgan fingerprint density at radius 2 is 1.94 bits per heavy atom. The van der Waals surface area contributed by atoms with E-state index in [2.05, 4.69) is 8.37 Å². The highest BCUT2D eigenvalue weighted by Crippen LogP contribution is 2.36. The van der Waals surface area contributed by atoms with Crippen LogP contribution in [0.3, 0.4) is 0 Å². The Morgan fingerprint density at radius 3 is 2.35 bits per heavy atom. The lowest BCUT2D eigenvalue weighted by Gasteiger charge is -2.21. The molecular formula is C9H10O7S. The first-order chi connectivity index (χ1) is 7.87. The van der Waals surface area contributed by atoms with Crippen molar-refractivity contribution in [3.8, 4) is 5.75 Å². The summed E-state index contributed by atoms with van der Waals surface area (Å²) in [4.78, 5) is 0. The molecular weight excluding hydrogens is 252 g/mol. The van der Waals surface area contributed by atoms with Crippen molar-refractivity contribution in [2.24, 2.45) is 0 Å². The van der Waals surface area contributed by atoms with Gasteiger partial charge in [-0.25, -0.2) is 8.37 Å². The Balaban J connectivity index is 2.38. The predicted molar refractivity (Wildman–Crippen MR) is 54.0 cm³/mol. The number of aliphatic hydroxyl groups excluding tert-OH is 1. The number of methoxy groups -OCH3 is 1. The fourth-order valence-electron chi connectivity index (χ4n) is 1.41. The minimum absolute atomic E-state index is 0.0341. The maximum absolute atomic E-state index is 11.0. The second-order valence-corrected chi connectivity index (χ2v) is 4.54. The summed E-state index contributed by atoms with van der Waals surface area (Å²) in [6.07, 6.45) is -2.01. The number of benzene rings is 1. The lowest BCUT2D eigenvalue weighted by atomic mass is 10.1. The highest BCUT2D eigenvalue weighted by Gasteiger charge is 2.53. The molecule has 2 atom stereocenters. The predicted octanol–water partition coefficient (Wildman–Crippen LogP) is -0.550. The second-order valence-electron chi connectivity index (χ2n) is 3.37. The normalized spacial score (nSPS) is 31.4. The van der Waals surface area contributed by atoms with E-state index in [-0.39, 0.29) is 5.56 Å². The largest absolute Gasteiger partial charge is 0.497 e. The van der Waals surface area contributed by atoms with Crippen molar-refractivity contribution in [3.05, 3.63) is 29.8 Å². The molecule has 7 nitrogen and oxygen atoms in total. The summed E-state index contributed by atoms with van der Waals surface area (Å²) in [6, 6.07) is 5.67. The Labute approximate surface area is 97.5 Å². The van der Waals surface area contributed by atoms with Crippen LogP contribution in [0.1, 0.15) is 5.56 Å². The van der Waals surface area contributed by atoms with Crippen LogP contribution in [0.15, 0.2) is 24.3 Å². The number of hydrogen-bond donors (Lipinski definition) is 2. The van der Waals surface area contributed by atoms with E-state index < -0.39 is 22.5 Å². The zero-order valence-corrected chi connectivity index (χ0v) is 9.55. The minimum atomic E-state index is -4.40. The van der Waals surface area contributed by atoms with E-state index in [0.29, 0.717) is 5.75 Å². The van der Waals surface area contributed by atoms with Crippen molar-refractivity contribution >= 4 is 10.4 Å². The molecule has 2 N–H and O–H groups in total. The summed E-state index contributed by atoms with van der Waals surface area (Å²) in [7, 11) is -2.94. The molecule has 2 unspecified atom stereocenters. The molecule has 0 radical (unpaired) electrons. The number of aliphatic hydroxyl groups is 2. The topological polar surface area (TPSA) is 102 Å². The highest BCUT2D eigenvalue weighted by atomic mass is 32.3. The first kappa shape index (κ1) is 12.3. The van der Waals surface area contributed by atoms with Gasteiger partial charge >= 0.3 is 10.4 Å². The van der Waals surface area contributed by atoms with E-state index in [0.717, 1.165) is 0 Å². The van der Waals surface area contributed by atoms with E-state index in [4.69, 9.17) is 4.74 Å². The molecule has 8 heteroatoms. The molecule has 1 fully saturated rings. The molecule has 2 rings (SSSR count). The molecule has 0 saturated carbocycles. The molecule has 1 heterocycles. The average Bonchev–Trinajstić information content (AvgIpc) is 2.48. The van der Waals surface area contributed by atoms with Crippen molar-refractivity contribution in [2.45, 2.75) is 12.1 Å². The van der Waals surface area contributed by atoms with Crippen molar-refractivity contribution < 1.29 is 31.7 Å². The average molecular weight is 262 g/mol. The van der Waals surface area contributed by atoms with Gasteiger partial charge in [-0.1, -0.05) is 0 Å². The van der Waals surface area contributed by atoms with Gasteiger partial charge in [0.25, 0.3) is 5.79 Å². The quantitative estimate of drug-likeness (QED) is 0.737. The smallest absolute Gasteiger partial charge is 0.405 e. The van der Waals surface area contributed by atoms with Gasteiger partial charge in [-0.3, -0.25) is 0 Å². The van der Waals surface area contributed by atoms with Gasteiger partial charge in [0, 0.05) is 5.56 Å². The van der Waals surface area contributed by atoms with Gasteiger partial charge in [-0.05, 0) is 24.3 Å². The molecule has 0 bridgehead atoms. The zero-order valence-electron chi connectivity index (χ0n) is 8.73. The summed E-state index contributed by atoms with van der Waals surface area (Å²) < 4.78 is 35.2. The summed E-state index contributed by atoms with van der Waals surface area (Å²) in [5.41, 5.74) is 0.0341. The molecule has 94 valence electrons. The van der Waals surface area contributed by atoms with E-state index in [1.54, 1.807) is 0 Å².